The van der Waals surface area contributed by atoms with Crippen molar-refractivity contribution in [1.29, 1.82) is 0 Å². The molecule has 22 heavy (non-hydrogen) atoms. The molecule has 1 aliphatic carbocycles. The average molecular weight is 289 g/mol. The summed E-state index contributed by atoms with van der Waals surface area (Å²) in [4.78, 5) is 29.5. The number of aromatic nitrogens is 1. The largest absolute Gasteiger partial charge is 0.508 e. The molecule has 1 aromatic heterocycles. The number of carbonyl (C=O) groups excluding carboxylic acids is 2. The van der Waals surface area contributed by atoms with Crippen LogP contribution in [-0.2, 0) is 0 Å². The molecule has 4 heteroatoms. The Morgan fingerprint density at radius 3 is 2.50 bits per heavy atom. The van der Waals surface area contributed by atoms with Gasteiger partial charge in [-0.3, -0.25) is 14.6 Å². The van der Waals surface area contributed by atoms with Gasteiger partial charge in [0.05, 0.1) is 11.2 Å². The van der Waals surface area contributed by atoms with Crippen molar-refractivity contribution >= 4 is 22.5 Å². The van der Waals surface area contributed by atoms with Gasteiger partial charge in [0.1, 0.15) is 11.7 Å². The molecule has 1 heterocycles. The first-order valence-electron chi connectivity index (χ1n) is 6.92. The molecule has 1 N–H and O–H groups in total. The molecule has 0 bridgehead atoms. The summed E-state index contributed by atoms with van der Waals surface area (Å²) in [5, 5.41) is 10.5. The van der Waals surface area contributed by atoms with Gasteiger partial charge in [-0.25, -0.2) is 0 Å². The summed E-state index contributed by atoms with van der Waals surface area (Å²) in [6.45, 7) is 0. The van der Waals surface area contributed by atoms with Gasteiger partial charge in [-0.15, -0.1) is 0 Å². The van der Waals surface area contributed by atoms with Crippen molar-refractivity contribution in [2.24, 2.45) is 0 Å². The number of rotatable bonds is 1. The fourth-order valence-corrected chi connectivity index (χ4v) is 2.89. The lowest BCUT2D eigenvalue weighted by Crippen LogP contribution is -2.14. The number of pyridine rings is 1. The molecular weight excluding hydrogens is 278 g/mol. The van der Waals surface area contributed by atoms with Crippen LogP contribution < -0.4 is 0 Å². The predicted octanol–water partition coefficient (Wildman–Crippen LogP) is 3.10. The normalized spacial score (nSPS) is 17.0. The van der Waals surface area contributed by atoms with Crippen LogP contribution in [-0.4, -0.2) is 21.7 Å². The molecule has 4 nitrogen and oxygen atoms in total. The number of aromatic hydroxyl groups is 1. The van der Waals surface area contributed by atoms with Crippen LogP contribution in [0.15, 0.2) is 54.6 Å². The second-order valence-electron chi connectivity index (χ2n) is 5.32. The quantitative estimate of drug-likeness (QED) is 0.699. The Hall–Kier alpha value is -3.01. The standard InChI is InChI=1S/C18H11NO3/c20-11-6-7-12-13(9-11)18(22)16(17(12)21)15-8-5-10-3-1-2-4-14(10)19-15/h1-9,16,20H. The van der Waals surface area contributed by atoms with Gasteiger partial charge in [0.2, 0.25) is 0 Å². The fourth-order valence-electron chi connectivity index (χ4n) is 2.89. The van der Waals surface area contributed by atoms with Gasteiger partial charge in [0.15, 0.2) is 11.6 Å². The first-order valence-corrected chi connectivity index (χ1v) is 6.92. The van der Waals surface area contributed by atoms with Crippen LogP contribution in [0.1, 0.15) is 32.3 Å². The molecule has 0 fully saturated rings. The minimum absolute atomic E-state index is 0.0213. The van der Waals surface area contributed by atoms with Crippen LogP contribution in [0, 0.1) is 0 Å². The van der Waals surface area contributed by atoms with Crippen molar-refractivity contribution in [3.63, 3.8) is 0 Å². The molecule has 1 atom stereocenters. The predicted molar refractivity (Wildman–Crippen MR) is 81.3 cm³/mol. The molecule has 0 spiro atoms. The van der Waals surface area contributed by atoms with Crippen LogP contribution in [0.5, 0.6) is 5.75 Å². The van der Waals surface area contributed by atoms with Crippen LogP contribution in [0.25, 0.3) is 10.9 Å². The first kappa shape index (κ1) is 12.7. The number of benzene rings is 2. The zero-order valence-electron chi connectivity index (χ0n) is 11.5. The van der Waals surface area contributed by atoms with Gasteiger partial charge in [-0.2, -0.15) is 0 Å². The minimum atomic E-state index is -0.915. The van der Waals surface area contributed by atoms with E-state index in [0.717, 1.165) is 10.9 Å². The van der Waals surface area contributed by atoms with Gasteiger partial charge in [0.25, 0.3) is 0 Å². The van der Waals surface area contributed by atoms with E-state index >= 15 is 0 Å². The second-order valence-corrected chi connectivity index (χ2v) is 5.32. The molecule has 1 unspecified atom stereocenters. The van der Waals surface area contributed by atoms with Crippen molar-refractivity contribution in [1.82, 2.24) is 4.98 Å². The Labute approximate surface area is 126 Å². The van der Waals surface area contributed by atoms with Crippen LogP contribution in [0.2, 0.25) is 0 Å². The summed E-state index contributed by atoms with van der Waals surface area (Å²) in [6, 6.07) is 15.4. The van der Waals surface area contributed by atoms with E-state index in [4.69, 9.17) is 0 Å². The summed E-state index contributed by atoms with van der Waals surface area (Å²) in [5.74, 6) is -1.50. The van der Waals surface area contributed by atoms with E-state index in [2.05, 4.69) is 4.98 Å². The summed E-state index contributed by atoms with van der Waals surface area (Å²) >= 11 is 0. The maximum atomic E-state index is 12.5. The zero-order chi connectivity index (χ0) is 15.3. The molecule has 4 rings (SSSR count). The lowest BCUT2D eigenvalue weighted by molar-refractivity contribution is 0.0888. The van der Waals surface area contributed by atoms with E-state index in [0.29, 0.717) is 11.3 Å². The van der Waals surface area contributed by atoms with Crippen LogP contribution in [0.4, 0.5) is 0 Å². The third-order valence-electron chi connectivity index (χ3n) is 3.97. The van der Waals surface area contributed by atoms with Crippen molar-refractivity contribution in [2.75, 3.05) is 0 Å². The van der Waals surface area contributed by atoms with Crippen LogP contribution in [0.3, 0.4) is 0 Å². The van der Waals surface area contributed by atoms with Crippen LogP contribution >= 0.6 is 0 Å². The summed E-state index contributed by atoms with van der Waals surface area (Å²) < 4.78 is 0. The molecule has 0 amide bonds. The van der Waals surface area contributed by atoms with E-state index in [-0.39, 0.29) is 22.9 Å². The Bertz CT molecular complexity index is 946. The van der Waals surface area contributed by atoms with Gasteiger partial charge < -0.3 is 5.11 Å². The van der Waals surface area contributed by atoms with E-state index in [1.54, 1.807) is 6.07 Å². The maximum absolute atomic E-state index is 12.5. The Balaban J connectivity index is 1.86. The maximum Gasteiger partial charge on any atom is 0.180 e. The van der Waals surface area contributed by atoms with E-state index < -0.39 is 5.92 Å². The average Bonchev–Trinajstić information content (AvgIpc) is 2.78. The van der Waals surface area contributed by atoms with Crippen molar-refractivity contribution in [3.8, 4) is 5.75 Å². The smallest absolute Gasteiger partial charge is 0.180 e. The molecule has 0 aliphatic heterocycles. The van der Waals surface area contributed by atoms with Crippen molar-refractivity contribution < 1.29 is 14.7 Å². The highest BCUT2D eigenvalue weighted by Gasteiger charge is 2.40. The molecule has 106 valence electrons. The second kappa shape index (κ2) is 4.49. The Morgan fingerprint density at radius 2 is 1.64 bits per heavy atom. The number of phenolic OH excluding ortho intramolecular Hbond substituents is 1. The molecule has 3 aromatic rings. The van der Waals surface area contributed by atoms with Crippen molar-refractivity contribution in [3.05, 3.63) is 71.4 Å². The molecular formula is C18H11NO3. The molecule has 1 aliphatic rings. The SMILES string of the molecule is O=C1c2ccc(O)cc2C(=O)C1c1ccc2ccccc2n1. The number of carbonyl (C=O) groups is 2. The Kier molecular flexibility index (Phi) is 2.60. The molecule has 2 aromatic carbocycles. The number of para-hydroxylation sites is 1. The number of hydrogen-bond donors (Lipinski definition) is 1. The number of nitrogens with zero attached hydrogens (tertiary/aromatic N) is 1. The third-order valence-corrected chi connectivity index (χ3v) is 3.97. The van der Waals surface area contributed by atoms with Gasteiger partial charge in [-0.1, -0.05) is 24.3 Å². The third kappa shape index (κ3) is 1.74. The first-order chi connectivity index (χ1) is 10.6. The molecule has 0 saturated heterocycles. The highest BCUT2D eigenvalue weighted by atomic mass is 16.3. The van der Waals surface area contributed by atoms with Gasteiger partial charge in [0, 0.05) is 16.5 Å². The zero-order valence-corrected chi connectivity index (χ0v) is 11.5. The van der Waals surface area contributed by atoms with Crippen molar-refractivity contribution in [2.45, 2.75) is 5.92 Å². The number of Topliss-reactive ketones (excluding diaryl/α,β-unsaturated/α-hetero) is 2. The molecule has 0 radical (unpaired) electrons. The lowest BCUT2D eigenvalue weighted by atomic mass is 9.98. The fraction of sp³-hybridized carbons (Fsp3) is 0.0556. The van der Waals surface area contributed by atoms with Gasteiger partial charge >= 0.3 is 0 Å². The highest BCUT2D eigenvalue weighted by molar-refractivity contribution is 6.29. The molecule has 0 saturated carbocycles. The topological polar surface area (TPSA) is 67.3 Å². The van der Waals surface area contributed by atoms with E-state index in [1.165, 1.54) is 18.2 Å². The Morgan fingerprint density at radius 1 is 0.864 bits per heavy atom. The van der Waals surface area contributed by atoms with Gasteiger partial charge in [-0.05, 0) is 30.3 Å². The number of ketones is 2. The summed E-state index contributed by atoms with van der Waals surface area (Å²) in [7, 11) is 0. The van der Waals surface area contributed by atoms with E-state index in [9.17, 15) is 14.7 Å². The highest BCUT2D eigenvalue weighted by Crippen LogP contribution is 2.35. The van der Waals surface area contributed by atoms with E-state index in [1.807, 2.05) is 30.3 Å². The number of hydrogen-bond acceptors (Lipinski definition) is 4. The lowest BCUT2D eigenvalue weighted by Gasteiger charge is -2.07. The summed E-state index contributed by atoms with van der Waals surface area (Å²) in [6.07, 6.45) is 0. The number of fused-ring (bicyclic) bond motifs is 2. The monoisotopic (exact) mass is 289 g/mol. The summed E-state index contributed by atoms with van der Waals surface area (Å²) in [5.41, 5.74) is 1.82. The minimum Gasteiger partial charge on any atom is -0.508 e. The number of phenols is 1.